The van der Waals surface area contributed by atoms with E-state index in [2.05, 4.69) is 26.2 Å². The molecule has 7 heteroatoms. The highest BCUT2D eigenvalue weighted by atomic mass is 19.1. The van der Waals surface area contributed by atoms with Crippen molar-refractivity contribution in [1.82, 2.24) is 10.2 Å². The lowest BCUT2D eigenvalue weighted by atomic mass is 10.1. The summed E-state index contributed by atoms with van der Waals surface area (Å²) in [7, 11) is 1.69. The lowest BCUT2D eigenvalue weighted by molar-refractivity contribution is 0.181. The first-order valence-corrected chi connectivity index (χ1v) is 9.97. The van der Waals surface area contributed by atoms with Crippen LogP contribution in [-0.2, 0) is 0 Å². The standard InChI is InChI=1S/C22H29FN4O2/c1-3-24-22(25-16-20(28)17-8-4-5-9-18(17)23)27-14-12-26(13-15-27)19-10-6-7-11-21(19)29-2/h4-11,20,28H,3,12-16H2,1-2H3,(H,24,25). The molecule has 2 aromatic rings. The molecule has 2 aromatic carbocycles. The molecule has 0 bridgehead atoms. The fourth-order valence-electron chi connectivity index (χ4n) is 3.49. The third kappa shape index (κ3) is 5.17. The van der Waals surface area contributed by atoms with Crippen LogP contribution < -0.4 is 15.0 Å². The molecule has 0 radical (unpaired) electrons. The second kappa shape index (κ2) is 10.1. The Hall–Kier alpha value is -2.80. The van der Waals surface area contributed by atoms with Crippen LogP contribution >= 0.6 is 0 Å². The predicted octanol–water partition coefficient (Wildman–Crippen LogP) is 2.66. The zero-order valence-electron chi connectivity index (χ0n) is 17.0. The van der Waals surface area contributed by atoms with Gasteiger partial charge in [0.1, 0.15) is 17.7 Å². The van der Waals surface area contributed by atoms with Gasteiger partial charge in [0.05, 0.1) is 19.3 Å². The highest BCUT2D eigenvalue weighted by molar-refractivity contribution is 5.80. The van der Waals surface area contributed by atoms with Crippen molar-refractivity contribution in [3.8, 4) is 5.75 Å². The molecule has 0 aliphatic carbocycles. The van der Waals surface area contributed by atoms with Crippen molar-refractivity contribution >= 4 is 11.6 Å². The van der Waals surface area contributed by atoms with E-state index in [0.717, 1.165) is 50.1 Å². The molecule has 1 aliphatic heterocycles. The number of anilines is 1. The number of ether oxygens (including phenoxy) is 1. The van der Waals surface area contributed by atoms with E-state index in [9.17, 15) is 9.50 Å². The third-order valence-electron chi connectivity index (χ3n) is 5.02. The van der Waals surface area contributed by atoms with Crippen LogP contribution in [0.5, 0.6) is 5.75 Å². The van der Waals surface area contributed by atoms with E-state index < -0.39 is 11.9 Å². The molecule has 0 spiro atoms. The van der Waals surface area contributed by atoms with E-state index in [0.29, 0.717) is 0 Å². The molecule has 3 rings (SSSR count). The molecule has 1 atom stereocenters. The summed E-state index contributed by atoms with van der Waals surface area (Å²) in [6.07, 6.45) is -0.972. The Bertz CT molecular complexity index is 822. The number of guanidine groups is 1. The van der Waals surface area contributed by atoms with E-state index >= 15 is 0 Å². The highest BCUT2D eigenvalue weighted by Gasteiger charge is 2.22. The molecule has 1 unspecified atom stereocenters. The lowest BCUT2D eigenvalue weighted by Crippen LogP contribution is -2.52. The van der Waals surface area contributed by atoms with E-state index in [1.54, 1.807) is 25.3 Å². The van der Waals surface area contributed by atoms with Crippen LogP contribution in [0.25, 0.3) is 0 Å². The maximum atomic E-state index is 13.9. The minimum absolute atomic E-state index is 0.107. The first kappa shape index (κ1) is 20.9. The van der Waals surface area contributed by atoms with Crippen molar-refractivity contribution in [2.45, 2.75) is 13.0 Å². The summed E-state index contributed by atoms with van der Waals surface area (Å²) in [5.41, 5.74) is 1.36. The van der Waals surface area contributed by atoms with Crippen molar-refractivity contribution in [3.63, 3.8) is 0 Å². The molecule has 2 N–H and O–H groups in total. The third-order valence-corrected chi connectivity index (χ3v) is 5.02. The predicted molar refractivity (Wildman–Crippen MR) is 114 cm³/mol. The monoisotopic (exact) mass is 400 g/mol. The molecule has 156 valence electrons. The van der Waals surface area contributed by atoms with Crippen LogP contribution in [0.3, 0.4) is 0 Å². The molecule has 1 heterocycles. The molecule has 0 aromatic heterocycles. The number of nitrogens with one attached hydrogen (secondary N) is 1. The quantitative estimate of drug-likeness (QED) is 0.577. The summed E-state index contributed by atoms with van der Waals surface area (Å²) in [5.74, 6) is 1.20. The zero-order chi connectivity index (χ0) is 20.6. The van der Waals surface area contributed by atoms with Gasteiger partial charge in [0.2, 0.25) is 0 Å². The Morgan fingerprint density at radius 3 is 2.52 bits per heavy atom. The van der Waals surface area contributed by atoms with Crippen LogP contribution in [-0.4, -0.2) is 62.3 Å². The first-order valence-electron chi connectivity index (χ1n) is 9.97. The van der Waals surface area contributed by atoms with E-state index in [1.165, 1.54) is 6.07 Å². The fraction of sp³-hybridized carbons (Fsp3) is 0.409. The van der Waals surface area contributed by atoms with E-state index in [4.69, 9.17) is 4.74 Å². The lowest BCUT2D eigenvalue weighted by Gasteiger charge is -2.38. The summed E-state index contributed by atoms with van der Waals surface area (Å²) in [6.45, 7) is 6.09. The molecule has 1 saturated heterocycles. The normalized spacial score (nSPS) is 15.9. The molecule has 6 nitrogen and oxygen atoms in total. The molecule has 29 heavy (non-hydrogen) atoms. The Balaban J connectivity index is 1.64. The van der Waals surface area contributed by atoms with Crippen LogP contribution in [0, 0.1) is 5.82 Å². The fourth-order valence-corrected chi connectivity index (χ4v) is 3.49. The Labute approximate surface area is 171 Å². The van der Waals surface area contributed by atoms with E-state index in [-0.39, 0.29) is 12.1 Å². The number of methoxy groups -OCH3 is 1. The van der Waals surface area contributed by atoms with Gasteiger partial charge in [-0.2, -0.15) is 0 Å². The molecular formula is C22H29FN4O2. The summed E-state index contributed by atoms with van der Waals surface area (Å²) >= 11 is 0. The number of aliphatic hydroxyl groups is 1. The average molecular weight is 400 g/mol. The minimum atomic E-state index is -0.972. The summed E-state index contributed by atoms with van der Waals surface area (Å²) < 4.78 is 19.4. The molecule has 0 saturated carbocycles. The topological polar surface area (TPSA) is 60.3 Å². The number of rotatable bonds is 6. The number of aliphatic hydroxyl groups excluding tert-OH is 1. The van der Waals surface area contributed by atoms with Crippen molar-refractivity contribution in [2.24, 2.45) is 4.99 Å². The Kier molecular flexibility index (Phi) is 7.30. The van der Waals surface area contributed by atoms with Gasteiger partial charge in [-0.15, -0.1) is 0 Å². The highest BCUT2D eigenvalue weighted by Crippen LogP contribution is 2.28. The molecular weight excluding hydrogens is 371 g/mol. The smallest absolute Gasteiger partial charge is 0.194 e. The van der Waals surface area contributed by atoms with Crippen LogP contribution in [0.4, 0.5) is 10.1 Å². The number of benzene rings is 2. The number of hydrogen-bond donors (Lipinski definition) is 2. The minimum Gasteiger partial charge on any atom is -0.495 e. The second-order valence-electron chi connectivity index (χ2n) is 6.88. The van der Waals surface area contributed by atoms with Gasteiger partial charge in [-0.1, -0.05) is 30.3 Å². The SMILES string of the molecule is CCNC(=NCC(O)c1ccccc1F)N1CCN(c2ccccc2OC)CC1. The number of nitrogens with zero attached hydrogens (tertiary/aromatic N) is 3. The largest absolute Gasteiger partial charge is 0.495 e. The Morgan fingerprint density at radius 1 is 1.14 bits per heavy atom. The molecule has 0 amide bonds. The van der Waals surface area contributed by atoms with Crippen molar-refractivity contribution in [3.05, 3.63) is 59.9 Å². The van der Waals surface area contributed by atoms with Gasteiger partial charge in [-0.25, -0.2) is 4.39 Å². The van der Waals surface area contributed by atoms with Crippen molar-refractivity contribution in [1.29, 1.82) is 0 Å². The van der Waals surface area contributed by atoms with Crippen molar-refractivity contribution < 1.29 is 14.2 Å². The summed E-state index contributed by atoms with van der Waals surface area (Å²) in [5, 5.41) is 13.6. The van der Waals surface area contributed by atoms with E-state index in [1.807, 2.05) is 25.1 Å². The maximum Gasteiger partial charge on any atom is 0.194 e. The van der Waals surface area contributed by atoms with Gasteiger partial charge in [0, 0.05) is 38.3 Å². The summed E-state index contributed by atoms with van der Waals surface area (Å²) in [6, 6.07) is 14.3. The van der Waals surface area contributed by atoms with Gasteiger partial charge in [0.25, 0.3) is 0 Å². The van der Waals surface area contributed by atoms with Gasteiger partial charge >= 0.3 is 0 Å². The molecule has 1 aliphatic rings. The zero-order valence-corrected chi connectivity index (χ0v) is 17.0. The van der Waals surface area contributed by atoms with Crippen LogP contribution in [0.15, 0.2) is 53.5 Å². The summed E-state index contributed by atoms with van der Waals surface area (Å²) in [4.78, 5) is 9.03. The van der Waals surface area contributed by atoms with Gasteiger partial charge in [0.15, 0.2) is 5.96 Å². The van der Waals surface area contributed by atoms with Crippen molar-refractivity contribution in [2.75, 3.05) is 51.3 Å². The number of halogens is 1. The Morgan fingerprint density at radius 2 is 1.83 bits per heavy atom. The van der Waals surface area contributed by atoms with Gasteiger partial charge in [-0.3, -0.25) is 4.99 Å². The van der Waals surface area contributed by atoms with Crippen LogP contribution in [0.2, 0.25) is 0 Å². The number of hydrogen-bond acceptors (Lipinski definition) is 4. The first-order chi connectivity index (χ1) is 14.1. The molecule has 1 fully saturated rings. The van der Waals surface area contributed by atoms with Gasteiger partial charge < -0.3 is 25.0 Å². The number of para-hydroxylation sites is 2. The van der Waals surface area contributed by atoms with Gasteiger partial charge in [-0.05, 0) is 25.1 Å². The maximum absolute atomic E-state index is 13.9. The second-order valence-corrected chi connectivity index (χ2v) is 6.88. The average Bonchev–Trinajstić information content (AvgIpc) is 2.77. The number of piperazine rings is 1. The number of aliphatic imine (C=N–C) groups is 1. The van der Waals surface area contributed by atoms with Crippen LogP contribution in [0.1, 0.15) is 18.6 Å².